The van der Waals surface area contributed by atoms with Crippen molar-refractivity contribution in [2.45, 2.75) is 24.3 Å². The number of thioether (sulfide) groups is 1. The van der Waals surface area contributed by atoms with E-state index in [0.717, 1.165) is 16.9 Å². The molecule has 0 saturated heterocycles. The van der Waals surface area contributed by atoms with Gasteiger partial charge in [0.2, 0.25) is 5.89 Å². The zero-order valence-electron chi connectivity index (χ0n) is 14.2. The Labute approximate surface area is 150 Å². The fourth-order valence-electron chi connectivity index (χ4n) is 2.26. The van der Waals surface area contributed by atoms with Crippen LogP contribution >= 0.6 is 11.8 Å². The molecule has 0 aliphatic heterocycles. The van der Waals surface area contributed by atoms with Crippen LogP contribution in [0.4, 0.5) is 0 Å². The summed E-state index contributed by atoms with van der Waals surface area (Å²) >= 11 is 1.25. The SMILES string of the molecule is COc1ccc(C(=O)[C@H](C)Sc2nnc(-c3ccc(C)cc3)o2)cc1. The number of benzene rings is 2. The highest BCUT2D eigenvalue weighted by Gasteiger charge is 2.20. The molecule has 5 nitrogen and oxygen atoms in total. The fraction of sp³-hybridized carbons (Fsp3) is 0.211. The van der Waals surface area contributed by atoms with Gasteiger partial charge in [0.1, 0.15) is 5.75 Å². The van der Waals surface area contributed by atoms with Crippen LogP contribution in [-0.2, 0) is 0 Å². The number of hydrogen-bond donors (Lipinski definition) is 0. The molecule has 0 fully saturated rings. The molecule has 0 unspecified atom stereocenters. The second kappa shape index (κ2) is 7.53. The van der Waals surface area contributed by atoms with Gasteiger partial charge in [-0.15, -0.1) is 10.2 Å². The second-order valence-corrected chi connectivity index (χ2v) is 6.88. The van der Waals surface area contributed by atoms with E-state index < -0.39 is 0 Å². The predicted molar refractivity (Wildman–Crippen MR) is 97.1 cm³/mol. The first kappa shape index (κ1) is 17.2. The average Bonchev–Trinajstić information content (AvgIpc) is 3.10. The number of nitrogens with zero attached hydrogens (tertiary/aromatic N) is 2. The zero-order valence-corrected chi connectivity index (χ0v) is 15.0. The van der Waals surface area contributed by atoms with E-state index in [0.29, 0.717) is 16.7 Å². The summed E-state index contributed by atoms with van der Waals surface area (Å²) in [4.78, 5) is 12.5. The van der Waals surface area contributed by atoms with Gasteiger partial charge in [0.05, 0.1) is 12.4 Å². The van der Waals surface area contributed by atoms with E-state index in [1.165, 1.54) is 11.8 Å². The summed E-state index contributed by atoms with van der Waals surface area (Å²) in [7, 11) is 1.59. The number of hydrogen-bond acceptors (Lipinski definition) is 6. The number of ketones is 1. The Morgan fingerprint density at radius 3 is 2.40 bits per heavy atom. The minimum Gasteiger partial charge on any atom is -0.497 e. The maximum atomic E-state index is 12.5. The smallest absolute Gasteiger partial charge is 0.277 e. The molecule has 0 N–H and O–H groups in total. The van der Waals surface area contributed by atoms with Crippen molar-refractivity contribution in [1.29, 1.82) is 0 Å². The average molecular weight is 354 g/mol. The van der Waals surface area contributed by atoms with Gasteiger partial charge in [-0.25, -0.2) is 0 Å². The lowest BCUT2D eigenvalue weighted by molar-refractivity contribution is 0.0993. The van der Waals surface area contributed by atoms with Crippen molar-refractivity contribution >= 4 is 17.5 Å². The summed E-state index contributed by atoms with van der Waals surface area (Å²) in [5, 5.41) is 8.14. The van der Waals surface area contributed by atoms with Gasteiger partial charge in [-0.3, -0.25) is 4.79 Å². The van der Waals surface area contributed by atoms with Crippen molar-refractivity contribution < 1.29 is 13.9 Å². The van der Waals surface area contributed by atoms with E-state index in [4.69, 9.17) is 9.15 Å². The van der Waals surface area contributed by atoms with E-state index in [-0.39, 0.29) is 11.0 Å². The lowest BCUT2D eigenvalue weighted by atomic mass is 10.1. The molecule has 0 saturated carbocycles. The van der Waals surface area contributed by atoms with E-state index in [1.54, 1.807) is 31.4 Å². The van der Waals surface area contributed by atoms with Gasteiger partial charge in [0.25, 0.3) is 5.22 Å². The molecule has 1 atom stereocenters. The van der Waals surface area contributed by atoms with Crippen LogP contribution in [0.25, 0.3) is 11.5 Å². The van der Waals surface area contributed by atoms with Gasteiger partial charge in [0.15, 0.2) is 5.78 Å². The Morgan fingerprint density at radius 2 is 1.76 bits per heavy atom. The van der Waals surface area contributed by atoms with Crippen LogP contribution in [-0.4, -0.2) is 28.3 Å². The Morgan fingerprint density at radius 1 is 1.08 bits per heavy atom. The molecule has 128 valence electrons. The minimum atomic E-state index is -0.334. The Hall–Kier alpha value is -2.60. The lowest BCUT2D eigenvalue weighted by Crippen LogP contribution is -2.13. The third-order valence-electron chi connectivity index (χ3n) is 3.73. The first-order valence-electron chi connectivity index (χ1n) is 7.82. The molecule has 6 heteroatoms. The van der Waals surface area contributed by atoms with Crippen molar-refractivity contribution in [3.05, 3.63) is 59.7 Å². The number of carbonyl (C=O) groups is 1. The normalized spacial score (nSPS) is 12.0. The van der Waals surface area contributed by atoms with Crippen LogP contribution in [0.2, 0.25) is 0 Å². The van der Waals surface area contributed by atoms with E-state index >= 15 is 0 Å². The van der Waals surface area contributed by atoms with Crippen molar-refractivity contribution in [2.24, 2.45) is 0 Å². The van der Waals surface area contributed by atoms with Gasteiger partial charge in [-0.1, -0.05) is 29.5 Å². The highest BCUT2D eigenvalue weighted by molar-refractivity contribution is 8.00. The summed E-state index contributed by atoms with van der Waals surface area (Å²) in [6.45, 7) is 3.85. The first-order valence-corrected chi connectivity index (χ1v) is 8.70. The first-order chi connectivity index (χ1) is 12.1. The summed E-state index contributed by atoms with van der Waals surface area (Å²) in [5.41, 5.74) is 2.65. The molecule has 0 radical (unpaired) electrons. The zero-order chi connectivity index (χ0) is 17.8. The quantitative estimate of drug-likeness (QED) is 0.482. The van der Waals surface area contributed by atoms with Crippen LogP contribution in [0, 0.1) is 6.92 Å². The third-order valence-corrected chi connectivity index (χ3v) is 4.66. The van der Waals surface area contributed by atoms with Crippen LogP contribution in [0.15, 0.2) is 58.2 Å². The number of carbonyl (C=O) groups excluding carboxylic acids is 1. The van der Waals surface area contributed by atoms with E-state index in [1.807, 2.05) is 38.1 Å². The summed E-state index contributed by atoms with van der Waals surface area (Å²) in [6, 6.07) is 14.9. The number of Topliss-reactive ketones (excluding diaryl/α,β-unsaturated/α-hetero) is 1. The standard InChI is InChI=1S/C19H18N2O3S/c1-12-4-6-15(7-5-12)18-20-21-19(24-18)25-13(2)17(22)14-8-10-16(23-3)11-9-14/h4-11,13H,1-3H3/t13-/m0/s1. The van der Waals surface area contributed by atoms with Crippen molar-refractivity contribution in [1.82, 2.24) is 10.2 Å². The topological polar surface area (TPSA) is 65.2 Å². The van der Waals surface area contributed by atoms with Crippen LogP contribution in [0.1, 0.15) is 22.8 Å². The number of methoxy groups -OCH3 is 1. The molecule has 0 amide bonds. The molecule has 1 heterocycles. The van der Waals surface area contributed by atoms with Crippen LogP contribution < -0.4 is 4.74 Å². The lowest BCUT2D eigenvalue weighted by Gasteiger charge is -2.08. The highest BCUT2D eigenvalue weighted by Crippen LogP contribution is 2.28. The molecule has 1 aromatic heterocycles. The molecule has 3 rings (SSSR count). The fourth-order valence-corrected chi connectivity index (χ4v) is 3.03. The van der Waals surface area contributed by atoms with E-state index in [2.05, 4.69) is 10.2 Å². The molecule has 2 aromatic carbocycles. The summed E-state index contributed by atoms with van der Waals surface area (Å²) in [6.07, 6.45) is 0. The van der Waals surface area contributed by atoms with Gasteiger partial charge in [-0.05, 0) is 50.2 Å². The molecule has 0 aliphatic rings. The van der Waals surface area contributed by atoms with Gasteiger partial charge in [-0.2, -0.15) is 0 Å². The van der Waals surface area contributed by atoms with Crippen LogP contribution in [0.5, 0.6) is 5.75 Å². The third kappa shape index (κ3) is 4.09. The van der Waals surface area contributed by atoms with Crippen molar-refractivity contribution in [3.63, 3.8) is 0 Å². The maximum absolute atomic E-state index is 12.5. The summed E-state index contributed by atoms with van der Waals surface area (Å²) < 4.78 is 10.8. The number of ether oxygens (including phenoxy) is 1. The molecule has 0 spiro atoms. The second-order valence-electron chi connectivity index (χ2n) is 5.59. The van der Waals surface area contributed by atoms with Crippen molar-refractivity contribution in [3.8, 4) is 17.2 Å². The summed E-state index contributed by atoms with van der Waals surface area (Å²) in [5.74, 6) is 1.17. The molecule has 0 bridgehead atoms. The Balaban J connectivity index is 1.69. The molecule has 0 aliphatic carbocycles. The van der Waals surface area contributed by atoms with Gasteiger partial charge < -0.3 is 9.15 Å². The minimum absolute atomic E-state index is 0.00254. The molecule has 3 aromatic rings. The Kier molecular flexibility index (Phi) is 5.19. The molecular formula is C19H18N2O3S. The van der Waals surface area contributed by atoms with Crippen molar-refractivity contribution in [2.75, 3.05) is 7.11 Å². The monoisotopic (exact) mass is 354 g/mol. The Bertz CT molecular complexity index is 857. The van der Waals surface area contributed by atoms with Gasteiger partial charge >= 0.3 is 0 Å². The predicted octanol–water partition coefficient (Wildman–Crippen LogP) is 4.42. The highest BCUT2D eigenvalue weighted by atomic mass is 32.2. The van der Waals surface area contributed by atoms with E-state index in [9.17, 15) is 4.79 Å². The number of aryl methyl sites for hydroxylation is 1. The van der Waals surface area contributed by atoms with Crippen LogP contribution in [0.3, 0.4) is 0 Å². The molecular weight excluding hydrogens is 336 g/mol. The number of rotatable bonds is 6. The number of aromatic nitrogens is 2. The molecule has 25 heavy (non-hydrogen) atoms. The largest absolute Gasteiger partial charge is 0.497 e. The van der Waals surface area contributed by atoms with Gasteiger partial charge in [0, 0.05) is 11.1 Å². The maximum Gasteiger partial charge on any atom is 0.277 e.